The smallest absolute Gasteiger partial charge is 0.126 e. The summed E-state index contributed by atoms with van der Waals surface area (Å²) in [5, 5.41) is 9.51. The van der Waals surface area contributed by atoms with Crippen molar-refractivity contribution in [2.24, 2.45) is 11.8 Å². The van der Waals surface area contributed by atoms with Crippen molar-refractivity contribution in [2.45, 2.75) is 12.8 Å². The van der Waals surface area contributed by atoms with Gasteiger partial charge in [0, 0.05) is 18.6 Å². The second-order valence-electron chi connectivity index (χ2n) is 5.35. The van der Waals surface area contributed by atoms with E-state index in [9.17, 15) is 9.50 Å². The van der Waals surface area contributed by atoms with Crippen LogP contribution in [0.3, 0.4) is 0 Å². The predicted octanol–water partition coefficient (Wildman–Crippen LogP) is 2.15. The van der Waals surface area contributed by atoms with Crippen molar-refractivity contribution in [3.05, 3.63) is 30.1 Å². The Bertz CT molecular complexity index is 391. The lowest BCUT2D eigenvalue weighted by Crippen LogP contribution is -2.36. The number of nitrogens with zero attached hydrogens (tertiary/aromatic N) is 1. The monoisotopic (exact) mass is 267 g/mol. The van der Waals surface area contributed by atoms with E-state index < -0.39 is 0 Å². The third kappa shape index (κ3) is 4.18. The number of hydrogen-bond acceptors (Lipinski definition) is 3. The first-order valence-corrected chi connectivity index (χ1v) is 6.87. The van der Waals surface area contributed by atoms with Crippen LogP contribution >= 0.6 is 0 Å². The number of ether oxygens (including phenoxy) is 1. The molecule has 106 valence electrons. The van der Waals surface area contributed by atoms with E-state index in [0.717, 1.165) is 25.9 Å². The molecule has 0 saturated carbocycles. The zero-order valence-electron chi connectivity index (χ0n) is 11.4. The van der Waals surface area contributed by atoms with Crippen LogP contribution in [0.1, 0.15) is 12.8 Å². The zero-order valence-corrected chi connectivity index (χ0v) is 11.4. The lowest BCUT2D eigenvalue weighted by atomic mass is 9.85. The normalized spacial score (nSPS) is 19.3. The molecule has 1 aliphatic heterocycles. The van der Waals surface area contributed by atoms with Crippen LogP contribution in [0.15, 0.2) is 24.3 Å². The van der Waals surface area contributed by atoms with Crippen molar-refractivity contribution in [3.8, 4) is 5.75 Å². The molecule has 1 heterocycles. The fourth-order valence-corrected chi connectivity index (χ4v) is 2.60. The van der Waals surface area contributed by atoms with Gasteiger partial charge in [0.15, 0.2) is 0 Å². The Balaban J connectivity index is 1.85. The Labute approximate surface area is 114 Å². The van der Waals surface area contributed by atoms with Gasteiger partial charge in [-0.25, -0.2) is 4.39 Å². The second-order valence-corrected chi connectivity index (χ2v) is 5.35. The van der Waals surface area contributed by atoms with Crippen molar-refractivity contribution in [2.75, 3.05) is 33.4 Å². The number of rotatable bonds is 5. The van der Waals surface area contributed by atoms with E-state index in [2.05, 4.69) is 11.9 Å². The van der Waals surface area contributed by atoms with Crippen LogP contribution in [-0.2, 0) is 0 Å². The number of likely N-dealkylation sites (tertiary alicyclic amines) is 1. The second kappa shape index (κ2) is 6.87. The average molecular weight is 267 g/mol. The molecule has 1 fully saturated rings. The molecule has 1 saturated heterocycles. The number of halogens is 1. The van der Waals surface area contributed by atoms with Gasteiger partial charge >= 0.3 is 0 Å². The van der Waals surface area contributed by atoms with Crippen LogP contribution in [-0.4, -0.2) is 43.4 Å². The molecule has 3 nitrogen and oxygen atoms in total. The molecule has 1 N–H and O–H groups in total. The van der Waals surface area contributed by atoms with Gasteiger partial charge in [0.25, 0.3) is 0 Å². The van der Waals surface area contributed by atoms with Crippen molar-refractivity contribution >= 4 is 0 Å². The highest BCUT2D eigenvalue weighted by Crippen LogP contribution is 2.25. The van der Waals surface area contributed by atoms with Gasteiger partial charge in [-0.3, -0.25) is 0 Å². The van der Waals surface area contributed by atoms with Crippen molar-refractivity contribution < 1.29 is 14.2 Å². The van der Waals surface area contributed by atoms with E-state index >= 15 is 0 Å². The summed E-state index contributed by atoms with van der Waals surface area (Å²) in [7, 11) is 2.12. The van der Waals surface area contributed by atoms with E-state index in [1.54, 1.807) is 12.1 Å². The van der Waals surface area contributed by atoms with Crippen LogP contribution in [0.25, 0.3) is 0 Å². The number of hydrogen-bond donors (Lipinski definition) is 1. The standard InChI is InChI=1S/C15H22FNO2/c1-17-7-5-12(6-8-17)13(10-18)11-19-15-4-2-3-14(16)9-15/h2-4,9,12-13,18H,5-8,10-11H2,1H3. The van der Waals surface area contributed by atoms with E-state index in [-0.39, 0.29) is 18.3 Å². The number of piperidine rings is 1. The fraction of sp³-hybridized carbons (Fsp3) is 0.600. The van der Waals surface area contributed by atoms with Gasteiger partial charge < -0.3 is 14.7 Å². The summed E-state index contributed by atoms with van der Waals surface area (Å²) in [4.78, 5) is 2.30. The first-order chi connectivity index (χ1) is 9.19. The molecule has 0 spiro atoms. The highest BCUT2D eigenvalue weighted by Gasteiger charge is 2.25. The molecule has 1 aliphatic rings. The Morgan fingerprint density at radius 2 is 2.16 bits per heavy atom. The Morgan fingerprint density at radius 3 is 2.79 bits per heavy atom. The summed E-state index contributed by atoms with van der Waals surface area (Å²) in [5.41, 5.74) is 0. The highest BCUT2D eigenvalue weighted by molar-refractivity contribution is 5.22. The van der Waals surface area contributed by atoms with Crippen molar-refractivity contribution in [1.82, 2.24) is 4.90 Å². The minimum Gasteiger partial charge on any atom is -0.493 e. The molecule has 0 bridgehead atoms. The van der Waals surface area contributed by atoms with E-state index in [1.807, 2.05) is 0 Å². The molecular weight excluding hydrogens is 245 g/mol. The fourth-order valence-electron chi connectivity index (χ4n) is 2.60. The maximum absolute atomic E-state index is 13.0. The van der Waals surface area contributed by atoms with Gasteiger partial charge in [0.05, 0.1) is 6.61 Å². The van der Waals surface area contributed by atoms with E-state index in [1.165, 1.54) is 12.1 Å². The van der Waals surface area contributed by atoms with E-state index in [0.29, 0.717) is 18.3 Å². The quantitative estimate of drug-likeness (QED) is 0.887. The Morgan fingerprint density at radius 1 is 1.42 bits per heavy atom. The minimum atomic E-state index is -0.294. The SMILES string of the molecule is CN1CCC(C(CO)COc2cccc(F)c2)CC1. The molecule has 0 radical (unpaired) electrons. The summed E-state index contributed by atoms with van der Waals surface area (Å²) in [6.07, 6.45) is 2.18. The average Bonchev–Trinajstić information content (AvgIpc) is 2.41. The molecule has 0 amide bonds. The van der Waals surface area contributed by atoms with Crippen LogP contribution in [0.5, 0.6) is 5.75 Å². The topological polar surface area (TPSA) is 32.7 Å². The molecule has 1 aromatic rings. The van der Waals surface area contributed by atoms with Crippen molar-refractivity contribution in [1.29, 1.82) is 0 Å². The van der Waals surface area contributed by atoms with E-state index in [4.69, 9.17) is 4.74 Å². The summed E-state index contributed by atoms with van der Waals surface area (Å²) in [6.45, 7) is 2.72. The summed E-state index contributed by atoms with van der Waals surface area (Å²) in [5.74, 6) is 0.871. The molecule has 1 unspecified atom stereocenters. The number of aliphatic hydroxyl groups excluding tert-OH is 1. The van der Waals surface area contributed by atoms with Crippen LogP contribution < -0.4 is 4.74 Å². The Hall–Kier alpha value is -1.13. The lowest BCUT2D eigenvalue weighted by molar-refractivity contribution is 0.0808. The summed E-state index contributed by atoms with van der Waals surface area (Å²) in [6, 6.07) is 6.15. The highest BCUT2D eigenvalue weighted by atomic mass is 19.1. The predicted molar refractivity (Wildman–Crippen MR) is 72.7 cm³/mol. The summed E-state index contributed by atoms with van der Waals surface area (Å²) >= 11 is 0. The van der Waals surface area contributed by atoms with Gasteiger partial charge in [-0.2, -0.15) is 0 Å². The van der Waals surface area contributed by atoms with Gasteiger partial charge in [-0.1, -0.05) is 6.07 Å². The van der Waals surface area contributed by atoms with Gasteiger partial charge in [0.2, 0.25) is 0 Å². The molecule has 0 aliphatic carbocycles. The maximum atomic E-state index is 13.0. The molecule has 0 aromatic heterocycles. The van der Waals surface area contributed by atoms with Crippen LogP contribution in [0, 0.1) is 17.7 Å². The van der Waals surface area contributed by atoms with Gasteiger partial charge in [-0.15, -0.1) is 0 Å². The van der Waals surface area contributed by atoms with Gasteiger partial charge in [-0.05, 0) is 51.0 Å². The lowest BCUT2D eigenvalue weighted by Gasteiger charge is -2.33. The molecule has 4 heteroatoms. The largest absolute Gasteiger partial charge is 0.493 e. The molecular formula is C15H22FNO2. The van der Waals surface area contributed by atoms with Gasteiger partial charge in [0.1, 0.15) is 11.6 Å². The molecule has 2 rings (SSSR count). The third-order valence-corrected chi connectivity index (χ3v) is 3.92. The molecule has 1 aromatic carbocycles. The summed E-state index contributed by atoms with van der Waals surface area (Å²) < 4.78 is 18.6. The first kappa shape index (κ1) is 14.3. The zero-order chi connectivity index (χ0) is 13.7. The number of aliphatic hydroxyl groups is 1. The number of benzene rings is 1. The first-order valence-electron chi connectivity index (χ1n) is 6.87. The maximum Gasteiger partial charge on any atom is 0.126 e. The minimum absolute atomic E-state index is 0.129. The van der Waals surface area contributed by atoms with Crippen LogP contribution in [0.2, 0.25) is 0 Å². The Kier molecular flexibility index (Phi) is 5.16. The van der Waals surface area contributed by atoms with Crippen LogP contribution in [0.4, 0.5) is 4.39 Å². The molecule has 1 atom stereocenters. The van der Waals surface area contributed by atoms with Crippen molar-refractivity contribution in [3.63, 3.8) is 0 Å². The molecule has 19 heavy (non-hydrogen) atoms. The third-order valence-electron chi connectivity index (χ3n) is 3.92.